The second-order valence-corrected chi connectivity index (χ2v) is 10.4. The lowest BCUT2D eigenvalue weighted by atomic mass is 10.0. The third-order valence-corrected chi connectivity index (χ3v) is 7.90. The molecule has 1 aromatic heterocycles. The number of hydrogen-bond acceptors (Lipinski definition) is 6. The van der Waals surface area contributed by atoms with Crippen molar-refractivity contribution in [3.63, 3.8) is 0 Å². The van der Waals surface area contributed by atoms with Crippen LogP contribution in [0.4, 0.5) is 0 Å². The highest BCUT2D eigenvalue weighted by molar-refractivity contribution is 7.20. The summed E-state index contributed by atoms with van der Waals surface area (Å²) in [5.41, 5.74) is 0. The molecule has 0 bridgehead atoms. The van der Waals surface area contributed by atoms with Gasteiger partial charge in [-0.3, -0.25) is 14.5 Å². The second kappa shape index (κ2) is 11.3. The van der Waals surface area contributed by atoms with Gasteiger partial charge in [-0.2, -0.15) is 0 Å². The highest BCUT2D eigenvalue weighted by atomic mass is 35.5. The average molecular weight is 516 g/mol. The van der Waals surface area contributed by atoms with Crippen molar-refractivity contribution in [2.45, 2.75) is 38.0 Å². The first kappa shape index (κ1) is 26.2. The molecule has 2 atom stereocenters. The van der Waals surface area contributed by atoms with Gasteiger partial charge in [-0.05, 0) is 63.5 Å². The summed E-state index contributed by atoms with van der Waals surface area (Å²) in [7, 11) is 2.16. The molecular weight excluding hydrogens is 483 g/mol. The Morgan fingerprint density at radius 2 is 1.79 bits per heavy atom. The quantitative estimate of drug-likeness (QED) is 0.641. The Morgan fingerprint density at radius 1 is 1.12 bits per heavy atom. The number of piperidine rings is 1. The first-order valence-corrected chi connectivity index (χ1v) is 12.4. The van der Waals surface area contributed by atoms with Crippen molar-refractivity contribution in [3.05, 3.63) is 34.2 Å². The Kier molecular flexibility index (Phi) is 9.00. The van der Waals surface area contributed by atoms with Crippen LogP contribution in [0.15, 0.2) is 24.3 Å². The first-order chi connectivity index (χ1) is 15.3. The number of carbonyl (C=O) groups excluding carboxylic acids is 2. The van der Waals surface area contributed by atoms with Gasteiger partial charge in [-0.25, -0.2) is 0 Å². The molecule has 3 heterocycles. The number of aliphatic hydroxyl groups is 1. The summed E-state index contributed by atoms with van der Waals surface area (Å²) in [6.45, 7) is 6.67. The van der Waals surface area contributed by atoms with E-state index >= 15 is 0 Å². The van der Waals surface area contributed by atoms with E-state index in [4.69, 9.17) is 11.6 Å². The molecule has 4 rings (SSSR count). The van der Waals surface area contributed by atoms with Crippen molar-refractivity contribution in [3.8, 4) is 0 Å². The van der Waals surface area contributed by atoms with Crippen LogP contribution in [-0.2, 0) is 4.79 Å². The summed E-state index contributed by atoms with van der Waals surface area (Å²) in [4.78, 5) is 33.1. The van der Waals surface area contributed by atoms with Crippen molar-refractivity contribution in [1.82, 2.24) is 20.0 Å². The summed E-state index contributed by atoms with van der Waals surface area (Å²) in [5, 5.41) is 14.6. The molecule has 0 spiro atoms. The third-order valence-electron chi connectivity index (χ3n) is 6.57. The van der Waals surface area contributed by atoms with Gasteiger partial charge in [0.2, 0.25) is 5.91 Å². The number of likely N-dealkylation sites (tertiary alicyclic amines) is 1. The van der Waals surface area contributed by atoms with E-state index in [1.165, 1.54) is 11.3 Å². The highest BCUT2D eigenvalue weighted by Crippen LogP contribution is 2.28. The van der Waals surface area contributed by atoms with Gasteiger partial charge in [-0.15, -0.1) is 23.7 Å². The fourth-order valence-corrected chi connectivity index (χ4v) is 5.82. The minimum atomic E-state index is -0.984. The Balaban J connectivity index is 0.00000306. The number of halogens is 2. The number of thiophene rings is 1. The van der Waals surface area contributed by atoms with Gasteiger partial charge in [0.1, 0.15) is 6.04 Å². The van der Waals surface area contributed by atoms with Gasteiger partial charge < -0.3 is 20.2 Å². The van der Waals surface area contributed by atoms with E-state index in [0.717, 1.165) is 49.1 Å². The number of benzene rings is 1. The fraction of sp³-hybridized carbons (Fsp3) is 0.565. The maximum absolute atomic E-state index is 13.2. The Hall–Kier alpha value is -1.42. The number of aliphatic hydroxyl groups excluding tert-OH is 1. The standard InChI is InChI=1S/C23H31ClN4O3S.ClH/c1-15(29)21(25-22(30)20-13-16-3-4-17(24)14-19(16)32-20)23(31)28-11-9-27(10-12-28)18-5-7-26(2)8-6-18;/h3-4,13-15,18,21,29H,5-12H2,1-2H3,(H,25,30);1H/t15-,21-;/m1./s1. The summed E-state index contributed by atoms with van der Waals surface area (Å²) in [6, 6.07) is 6.87. The third kappa shape index (κ3) is 6.18. The molecule has 2 amide bonds. The van der Waals surface area contributed by atoms with Gasteiger partial charge in [0, 0.05) is 41.9 Å². The largest absolute Gasteiger partial charge is 0.391 e. The fourth-order valence-electron chi connectivity index (χ4n) is 4.58. The molecule has 0 saturated carbocycles. The minimum absolute atomic E-state index is 0. The van der Waals surface area contributed by atoms with E-state index in [1.807, 2.05) is 12.1 Å². The SMILES string of the molecule is C[C@@H](O)[C@@H](NC(=O)c1cc2ccc(Cl)cc2s1)C(=O)N1CCN(C2CCN(C)CC2)CC1.Cl. The lowest BCUT2D eigenvalue weighted by Crippen LogP contribution is -2.59. The second-order valence-electron chi connectivity index (χ2n) is 8.88. The molecule has 2 fully saturated rings. The van der Waals surface area contributed by atoms with Crippen LogP contribution in [0.25, 0.3) is 10.1 Å². The van der Waals surface area contributed by atoms with Crippen molar-refractivity contribution in [2.24, 2.45) is 0 Å². The highest BCUT2D eigenvalue weighted by Gasteiger charge is 2.34. The number of piperazine rings is 1. The number of nitrogens with one attached hydrogen (secondary N) is 1. The van der Waals surface area contributed by atoms with Crippen LogP contribution in [0.1, 0.15) is 29.4 Å². The molecule has 2 aromatic rings. The monoisotopic (exact) mass is 514 g/mol. The van der Waals surface area contributed by atoms with E-state index < -0.39 is 12.1 Å². The molecule has 0 aliphatic carbocycles. The van der Waals surface area contributed by atoms with Crippen LogP contribution in [0.2, 0.25) is 5.02 Å². The maximum atomic E-state index is 13.2. The van der Waals surface area contributed by atoms with E-state index in [0.29, 0.717) is 29.0 Å². The summed E-state index contributed by atoms with van der Waals surface area (Å²) >= 11 is 7.37. The lowest BCUT2D eigenvalue weighted by molar-refractivity contribution is -0.138. The van der Waals surface area contributed by atoms with Gasteiger partial charge in [-0.1, -0.05) is 17.7 Å². The molecule has 10 heteroatoms. The normalized spacial score (nSPS) is 20.3. The van der Waals surface area contributed by atoms with Crippen LogP contribution < -0.4 is 5.32 Å². The zero-order valence-electron chi connectivity index (χ0n) is 19.0. The summed E-state index contributed by atoms with van der Waals surface area (Å²) in [5.74, 6) is -0.577. The molecule has 2 aliphatic heterocycles. The molecule has 1 aromatic carbocycles. The number of nitrogens with zero attached hydrogens (tertiary/aromatic N) is 3. The van der Waals surface area contributed by atoms with Crippen molar-refractivity contribution in [1.29, 1.82) is 0 Å². The number of hydrogen-bond donors (Lipinski definition) is 2. The number of carbonyl (C=O) groups is 2. The summed E-state index contributed by atoms with van der Waals surface area (Å²) in [6.07, 6.45) is 1.34. The smallest absolute Gasteiger partial charge is 0.262 e. The molecular formula is C23H32Cl2N4O3S. The molecule has 2 N–H and O–H groups in total. The Labute approximate surface area is 210 Å². The van der Waals surface area contributed by atoms with Crippen molar-refractivity contribution < 1.29 is 14.7 Å². The van der Waals surface area contributed by atoms with Gasteiger partial charge >= 0.3 is 0 Å². The molecule has 0 unspecified atom stereocenters. The Morgan fingerprint density at radius 3 is 2.42 bits per heavy atom. The van der Waals surface area contributed by atoms with E-state index in [-0.39, 0.29) is 24.2 Å². The Bertz CT molecular complexity index is 970. The number of amides is 2. The van der Waals surface area contributed by atoms with Crippen LogP contribution >= 0.6 is 35.3 Å². The predicted octanol–water partition coefficient (Wildman–Crippen LogP) is 2.69. The van der Waals surface area contributed by atoms with Crippen LogP contribution in [0, 0.1) is 0 Å². The lowest BCUT2D eigenvalue weighted by Gasteiger charge is -2.43. The molecule has 33 heavy (non-hydrogen) atoms. The van der Waals surface area contributed by atoms with Crippen LogP contribution in [-0.4, -0.2) is 96.1 Å². The molecule has 0 radical (unpaired) electrons. The predicted molar refractivity (Wildman–Crippen MR) is 136 cm³/mol. The summed E-state index contributed by atoms with van der Waals surface area (Å²) < 4.78 is 0.910. The van der Waals surface area contributed by atoms with E-state index in [9.17, 15) is 14.7 Å². The van der Waals surface area contributed by atoms with Crippen molar-refractivity contribution >= 4 is 57.2 Å². The number of rotatable bonds is 5. The molecule has 2 saturated heterocycles. The average Bonchev–Trinajstić information content (AvgIpc) is 3.21. The minimum Gasteiger partial charge on any atom is -0.391 e. The maximum Gasteiger partial charge on any atom is 0.262 e. The van der Waals surface area contributed by atoms with E-state index in [2.05, 4.69) is 22.2 Å². The van der Waals surface area contributed by atoms with Gasteiger partial charge in [0.05, 0.1) is 11.0 Å². The van der Waals surface area contributed by atoms with Crippen LogP contribution in [0.5, 0.6) is 0 Å². The zero-order chi connectivity index (χ0) is 22.8. The topological polar surface area (TPSA) is 76.1 Å². The number of fused-ring (bicyclic) bond motifs is 1. The van der Waals surface area contributed by atoms with Crippen molar-refractivity contribution in [2.75, 3.05) is 46.3 Å². The van der Waals surface area contributed by atoms with E-state index in [1.54, 1.807) is 24.0 Å². The zero-order valence-corrected chi connectivity index (χ0v) is 21.4. The molecule has 7 nitrogen and oxygen atoms in total. The van der Waals surface area contributed by atoms with Crippen LogP contribution in [0.3, 0.4) is 0 Å². The molecule has 182 valence electrons. The molecule has 2 aliphatic rings. The van der Waals surface area contributed by atoms with Gasteiger partial charge in [0.25, 0.3) is 5.91 Å². The first-order valence-electron chi connectivity index (χ1n) is 11.2. The van der Waals surface area contributed by atoms with Gasteiger partial charge in [0.15, 0.2) is 0 Å².